The molecule has 2 nitrogen and oxygen atoms in total. The molecule has 17 heavy (non-hydrogen) atoms. The molecule has 0 amide bonds. The van der Waals surface area contributed by atoms with E-state index in [0.29, 0.717) is 5.92 Å². The van der Waals surface area contributed by atoms with Gasteiger partial charge in [0.2, 0.25) is 0 Å². The van der Waals surface area contributed by atoms with Crippen molar-refractivity contribution in [2.24, 2.45) is 0 Å². The van der Waals surface area contributed by atoms with Crippen molar-refractivity contribution in [1.29, 1.82) is 0 Å². The largest absolute Gasteiger partial charge is 0.497 e. The van der Waals surface area contributed by atoms with Crippen LogP contribution in [0.5, 0.6) is 5.75 Å². The van der Waals surface area contributed by atoms with Crippen molar-refractivity contribution in [3.05, 3.63) is 28.8 Å². The summed E-state index contributed by atoms with van der Waals surface area (Å²) in [6.45, 7) is 3.30. The predicted octanol–water partition coefficient (Wildman–Crippen LogP) is 3.59. The van der Waals surface area contributed by atoms with Gasteiger partial charge in [-0.25, -0.2) is 0 Å². The van der Waals surface area contributed by atoms with Crippen molar-refractivity contribution in [2.75, 3.05) is 13.7 Å². The van der Waals surface area contributed by atoms with Crippen LogP contribution in [0.25, 0.3) is 0 Å². The minimum Gasteiger partial charge on any atom is -0.497 e. The minimum atomic E-state index is 0.486. The average molecular weight is 254 g/mol. The van der Waals surface area contributed by atoms with Crippen molar-refractivity contribution in [1.82, 2.24) is 5.32 Å². The van der Waals surface area contributed by atoms with Crippen molar-refractivity contribution in [2.45, 2.75) is 38.1 Å². The van der Waals surface area contributed by atoms with Crippen LogP contribution in [0.3, 0.4) is 0 Å². The number of rotatable bonds is 6. The third kappa shape index (κ3) is 3.62. The van der Waals surface area contributed by atoms with Crippen molar-refractivity contribution < 1.29 is 4.74 Å². The smallest absolute Gasteiger partial charge is 0.120 e. The average Bonchev–Trinajstić information content (AvgIpc) is 3.12. The Morgan fingerprint density at radius 1 is 1.47 bits per heavy atom. The van der Waals surface area contributed by atoms with Gasteiger partial charge in [0, 0.05) is 11.1 Å². The topological polar surface area (TPSA) is 21.3 Å². The second-order valence-electron chi connectivity index (χ2n) is 4.81. The van der Waals surface area contributed by atoms with E-state index in [2.05, 4.69) is 18.3 Å². The summed E-state index contributed by atoms with van der Waals surface area (Å²) in [6.07, 6.45) is 3.82. The molecule has 94 valence electrons. The highest BCUT2D eigenvalue weighted by atomic mass is 35.5. The van der Waals surface area contributed by atoms with E-state index in [0.717, 1.165) is 29.8 Å². The van der Waals surface area contributed by atoms with Gasteiger partial charge in [-0.15, -0.1) is 0 Å². The summed E-state index contributed by atoms with van der Waals surface area (Å²) in [5.74, 6) is 1.31. The molecule has 1 aromatic rings. The fraction of sp³-hybridized carbons (Fsp3) is 0.571. The molecule has 0 radical (unpaired) electrons. The molecule has 2 rings (SSSR count). The molecule has 0 aromatic heterocycles. The summed E-state index contributed by atoms with van der Waals surface area (Å²) in [6, 6.07) is 6.73. The third-order valence-electron chi connectivity index (χ3n) is 3.33. The lowest BCUT2D eigenvalue weighted by molar-refractivity contribution is 0.414. The molecule has 0 spiro atoms. The zero-order valence-electron chi connectivity index (χ0n) is 10.5. The van der Waals surface area contributed by atoms with E-state index in [9.17, 15) is 0 Å². The first-order valence-electron chi connectivity index (χ1n) is 6.27. The van der Waals surface area contributed by atoms with Gasteiger partial charge >= 0.3 is 0 Å². The van der Waals surface area contributed by atoms with E-state index >= 15 is 0 Å². The number of ether oxygens (including phenoxy) is 1. The zero-order chi connectivity index (χ0) is 12.3. The lowest BCUT2D eigenvalue weighted by Gasteiger charge is -2.14. The maximum atomic E-state index is 6.26. The van der Waals surface area contributed by atoms with E-state index in [1.165, 1.54) is 18.4 Å². The Labute approximate surface area is 108 Å². The van der Waals surface area contributed by atoms with Gasteiger partial charge in [-0.05, 0) is 49.4 Å². The number of hydrogen-bond acceptors (Lipinski definition) is 2. The van der Waals surface area contributed by atoms with E-state index in [4.69, 9.17) is 16.3 Å². The lowest BCUT2D eigenvalue weighted by Crippen LogP contribution is -2.19. The number of methoxy groups -OCH3 is 1. The van der Waals surface area contributed by atoms with E-state index in [1.54, 1.807) is 7.11 Å². The highest BCUT2D eigenvalue weighted by Gasteiger charge is 2.20. The first-order valence-corrected chi connectivity index (χ1v) is 6.65. The molecule has 3 heteroatoms. The maximum Gasteiger partial charge on any atom is 0.120 e. The molecular weight excluding hydrogens is 234 g/mol. The Morgan fingerprint density at radius 3 is 2.82 bits per heavy atom. The summed E-state index contributed by atoms with van der Waals surface area (Å²) < 4.78 is 5.15. The fourth-order valence-corrected chi connectivity index (χ4v) is 2.34. The second-order valence-corrected chi connectivity index (χ2v) is 5.21. The molecule has 1 aliphatic rings. The Kier molecular flexibility index (Phi) is 4.30. The van der Waals surface area contributed by atoms with Crippen LogP contribution in [0.1, 0.15) is 37.7 Å². The quantitative estimate of drug-likeness (QED) is 0.837. The number of benzene rings is 1. The SMILES string of the molecule is COc1ccc(C(C)CCNC2CC2)c(Cl)c1. The van der Waals surface area contributed by atoms with Crippen molar-refractivity contribution >= 4 is 11.6 Å². The Bertz CT molecular complexity index is 376. The van der Waals surface area contributed by atoms with Crippen LogP contribution in [0, 0.1) is 0 Å². The monoisotopic (exact) mass is 253 g/mol. The summed E-state index contributed by atoms with van der Waals surface area (Å²) >= 11 is 6.26. The number of nitrogens with one attached hydrogen (secondary N) is 1. The van der Waals surface area contributed by atoms with E-state index in [1.807, 2.05) is 12.1 Å². The summed E-state index contributed by atoms with van der Waals surface area (Å²) in [5, 5.41) is 4.34. The molecule has 0 aliphatic heterocycles. The summed E-state index contributed by atoms with van der Waals surface area (Å²) in [5.41, 5.74) is 1.21. The van der Waals surface area contributed by atoms with E-state index in [-0.39, 0.29) is 0 Å². The van der Waals surface area contributed by atoms with Crippen molar-refractivity contribution in [3.8, 4) is 5.75 Å². The maximum absolute atomic E-state index is 6.26. The van der Waals surface area contributed by atoms with Crippen LogP contribution in [0.4, 0.5) is 0 Å². The molecule has 1 aliphatic carbocycles. The van der Waals surface area contributed by atoms with E-state index < -0.39 is 0 Å². The van der Waals surface area contributed by atoms with Crippen LogP contribution >= 0.6 is 11.6 Å². The normalized spacial score (nSPS) is 16.9. The Morgan fingerprint density at radius 2 is 2.24 bits per heavy atom. The van der Waals surface area contributed by atoms with Crippen LogP contribution in [0.15, 0.2) is 18.2 Å². The lowest BCUT2D eigenvalue weighted by atomic mass is 9.97. The zero-order valence-corrected chi connectivity index (χ0v) is 11.3. The van der Waals surface area contributed by atoms with Crippen LogP contribution in [-0.4, -0.2) is 19.7 Å². The highest BCUT2D eigenvalue weighted by molar-refractivity contribution is 6.31. The molecule has 0 saturated heterocycles. The number of hydrogen-bond donors (Lipinski definition) is 1. The Balaban J connectivity index is 1.90. The Hall–Kier alpha value is -0.730. The molecule has 1 fully saturated rings. The second kappa shape index (κ2) is 5.74. The molecule has 1 atom stereocenters. The van der Waals surface area contributed by atoms with Gasteiger partial charge in [-0.3, -0.25) is 0 Å². The summed E-state index contributed by atoms with van der Waals surface area (Å²) in [7, 11) is 1.66. The summed E-state index contributed by atoms with van der Waals surface area (Å²) in [4.78, 5) is 0. The van der Waals surface area contributed by atoms with Gasteiger partial charge in [0.1, 0.15) is 5.75 Å². The molecule has 0 heterocycles. The van der Waals surface area contributed by atoms with Gasteiger partial charge in [0.15, 0.2) is 0 Å². The van der Waals surface area contributed by atoms with Crippen LogP contribution in [0.2, 0.25) is 5.02 Å². The van der Waals surface area contributed by atoms with Gasteiger partial charge in [0.05, 0.1) is 7.11 Å². The highest BCUT2D eigenvalue weighted by Crippen LogP contribution is 2.30. The molecular formula is C14H20ClNO. The van der Waals surface area contributed by atoms with Crippen LogP contribution in [-0.2, 0) is 0 Å². The molecule has 1 unspecified atom stereocenters. The van der Waals surface area contributed by atoms with Gasteiger partial charge < -0.3 is 10.1 Å². The minimum absolute atomic E-state index is 0.486. The fourth-order valence-electron chi connectivity index (χ4n) is 1.98. The van der Waals surface area contributed by atoms with Gasteiger partial charge in [-0.1, -0.05) is 24.6 Å². The standard InChI is InChI=1S/C14H20ClNO/c1-10(7-8-16-11-3-4-11)13-6-5-12(17-2)9-14(13)15/h5-6,9-11,16H,3-4,7-8H2,1-2H3. The van der Waals surface area contributed by atoms with Gasteiger partial charge in [0.25, 0.3) is 0 Å². The first-order chi connectivity index (χ1) is 8.20. The van der Waals surface area contributed by atoms with Gasteiger partial charge in [-0.2, -0.15) is 0 Å². The molecule has 1 saturated carbocycles. The van der Waals surface area contributed by atoms with Crippen LogP contribution < -0.4 is 10.1 Å². The molecule has 0 bridgehead atoms. The predicted molar refractivity (Wildman–Crippen MR) is 72.1 cm³/mol. The number of halogens is 1. The van der Waals surface area contributed by atoms with Crippen molar-refractivity contribution in [3.63, 3.8) is 0 Å². The first kappa shape index (κ1) is 12.7. The molecule has 1 aromatic carbocycles. The molecule has 1 N–H and O–H groups in total. The third-order valence-corrected chi connectivity index (χ3v) is 3.65.